The summed E-state index contributed by atoms with van der Waals surface area (Å²) in [5.74, 6) is 1.00. The van der Waals surface area contributed by atoms with Crippen LogP contribution in [-0.2, 0) is 0 Å². The van der Waals surface area contributed by atoms with Crippen molar-refractivity contribution in [3.63, 3.8) is 0 Å². The molecular weight excluding hydrogens is 266 g/mol. The van der Waals surface area contributed by atoms with E-state index in [4.69, 9.17) is 4.74 Å². The van der Waals surface area contributed by atoms with Crippen LogP contribution in [0.5, 0.6) is 5.75 Å². The smallest absolute Gasteiger partial charge is 0.123 e. The first-order valence-electron chi connectivity index (χ1n) is 7.57. The molecule has 1 fully saturated rings. The number of hydrogen-bond acceptors (Lipinski definition) is 3. The number of rotatable bonds is 5. The van der Waals surface area contributed by atoms with Crippen molar-refractivity contribution >= 4 is 11.8 Å². The van der Waals surface area contributed by atoms with Gasteiger partial charge in [-0.3, -0.25) is 0 Å². The third-order valence-electron chi connectivity index (χ3n) is 4.30. The van der Waals surface area contributed by atoms with E-state index in [9.17, 15) is 0 Å². The Kier molecular flexibility index (Phi) is 5.79. The lowest BCUT2D eigenvalue weighted by Crippen LogP contribution is -2.36. The van der Waals surface area contributed by atoms with Crippen LogP contribution in [0.2, 0.25) is 0 Å². The van der Waals surface area contributed by atoms with Crippen LogP contribution in [0.15, 0.2) is 18.2 Å². The van der Waals surface area contributed by atoms with E-state index in [-0.39, 0.29) is 0 Å². The van der Waals surface area contributed by atoms with Crippen molar-refractivity contribution in [3.8, 4) is 5.75 Å². The number of methoxy groups -OCH3 is 1. The lowest BCUT2D eigenvalue weighted by atomic mass is 9.93. The summed E-state index contributed by atoms with van der Waals surface area (Å²) in [5.41, 5.74) is 2.52. The molecule has 0 heterocycles. The number of aryl methyl sites for hydroxylation is 1. The number of benzene rings is 1. The Labute approximate surface area is 127 Å². The Hall–Kier alpha value is -0.670. The lowest BCUT2D eigenvalue weighted by molar-refractivity contribution is 0.344. The maximum atomic E-state index is 5.53. The molecule has 0 spiro atoms. The highest BCUT2D eigenvalue weighted by atomic mass is 32.2. The number of ether oxygens (including phenoxy) is 1. The second kappa shape index (κ2) is 7.37. The summed E-state index contributed by atoms with van der Waals surface area (Å²) < 4.78 is 5.53. The zero-order chi connectivity index (χ0) is 14.5. The van der Waals surface area contributed by atoms with Crippen LogP contribution in [-0.4, -0.2) is 24.7 Å². The molecule has 0 aromatic heterocycles. The van der Waals surface area contributed by atoms with Gasteiger partial charge in [-0.25, -0.2) is 0 Å². The molecule has 20 heavy (non-hydrogen) atoms. The minimum Gasteiger partial charge on any atom is -0.496 e. The first-order chi connectivity index (χ1) is 9.63. The van der Waals surface area contributed by atoms with E-state index < -0.39 is 0 Å². The predicted molar refractivity (Wildman–Crippen MR) is 88.8 cm³/mol. The van der Waals surface area contributed by atoms with Crippen LogP contribution in [0.4, 0.5) is 0 Å². The van der Waals surface area contributed by atoms with E-state index in [1.165, 1.54) is 36.8 Å². The largest absolute Gasteiger partial charge is 0.496 e. The van der Waals surface area contributed by atoms with Gasteiger partial charge >= 0.3 is 0 Å². The van der Waals surface area contributed by atoms with Crippen molar-refractivity contribution in [2.75, 3.05) is 13.4 Å². The molecule has 2 nitrogen and oxygen atoms in total. The van der Waals surface area contributed by atoms with Crippen molar-refractivity contribution in [1.82, 2.24) is 5.32 Å². The van der Waals surface area contributed by atoms with Gasteiger partial charge in [-0.1, -0.05) is 18.6 Å². The third-order valence-corrected chi connectivity index (χ3v) is 5.40. The second-order valence-electron chi connectivity index (χ2n) is 5.85. The summed E-state index contributed by atoms with van der Waals surface area (Å²) in [6, 6.07) is 7.47. The van der Waals surface area contributed by atoms with Crippen molar-refractivity contribution in [2.45, 2.75) is 56.9 Å². The van der Waals surface area contributed by atoms with Crippen LogP contribution >= 0.6 is 11.8 Å². The Morgan fingerprint density at radius 1 is 1.35 bits per heavy atom. The van der Waals surface area contributed by atoms with Gasteiger partial charge in [0.15, 0.2) is 0 Å². The molecule has 0 radical (unpaired) electrons. The summed E-state index contributed by atoms with van der Waals surface area (Å²) in [6.07, 6.45) is 7.55. The van der Waals surface area contributed by atoms with Crippen molar-refractivity contribution < 1.29 is 4.74 Å². The summed E-state index contributed by atoms with van der Waals surface area (Å²) in [4.78, 5) is 0. The highest BCUT2D eigenvalue weighted by Crippen LogP contribution is 2.31. The Bertz CT molecular complexity index is 435. The molecule has 0 amide bonds. The maximum absolute atomic E-state index is 5.53. The van der Waals surface area contributed by atoms with E-state index in [0.717, 1.165) is 11.0 Å². The van der Waals surface area contributed by atoms with E-state index in [1.54, 1.807) is 7.11 Å². The summed E-state index contributed by atoms with van der Waals surface area (Å²) in [5, 5.41) is 4.63. The van der Waals surface area contributed by atoms with E-state index in [2.05, 4.69) is 43.6 Å². The summed E-state index contributed by atoms with van der Waals surface area (Å²) in [6.45, 7) is 4.35. The molecule has 3 heteroatoms. The topological polar surface area (TPSA) is 21.3 Å². The van der Waals surface area contributed by atoms with E-state index in [1.807, 2.05) is 11.8 Å². The zero-order valence-corrected chi connectivity index (χ0v) is 13.9. The molecule has 112 valence electrons. The standard InChI is InChI=1S/C17H27NOS/c1-12-8-9-16(17(10-12)19-3)13(2)18-14-6-5-7-15(11-14)20-4/h8-10,13-15,18H,5-7,11H2,1-4H3. The van der Waals surface area contributed by atoms with Gasteiger partial charge in [0.05, 0.1) is 7.11 Å². The molecule has 3 unspecified atom stereocenters. The quantitative estimate of drug-likeness (QED) is 0.873. The second-order valence-corrected chi connectivity index (χ2v) is 6.99. The lowest BCUT2D eigenvalue weighted by Gasteiger charge is -2.31. The fourth-order valence-corrected chi connectivity index (χ4v) is 3.96. The van der Waals surface area contributed by atoms with Crippen LogP contribution < -0.4 is 10.1 Å². The average Bonchev–Trinajstić information content (AvgIpc) is 2.47. The van der Waals surface area contributed by atoms with Crippen LogP contribution in [0.1, 0.15) is 49.8 Å². The molecule has 3 atom stereocenters. The fourth-order valence-electron chi connectivity index (χ4n) is 3.13. The first kappa shape index (κ1) is 15.7. The van der Waals surface area contributed by atoms with Gasteiger partial charge in [-0.2, -0.15) is 11.8 Å². The number of nitrogens with one attached hydrogen (secondary N) is 1. The molecule has 2 rings (SSSR count). The first-order valence-corrected chi connectivity index (χ1v) is 8.86. The van der Waals surface area contributed by atoms with Gasteiger partial charge < -0.3 is 10.1 Å². The van der Waals surface area contributed by atoms with Gasteiger partial charge in [-0.05, 0) is 51.0 Å². The monoisotopic (exact) mass is 293 g/mol. The highest BCUT2D eigenvalue weighted by molar-refractivity contribution is 7.99. The number of thioether (sulfide) groups is 1. The fraction of sp³-hybridized carbons (Fsp3) is 0.647. The van der Waals surface area contributed by atoms with Crippen LogP contribution in [0, 0.1) is 6.92 Å². The van der Waals surface area contributed by atoms with Crippen molar-refractivity contribution in [3.05, 3.63) is 29.3 Å². The third kappa shape index (κ3) is 3.92. The molecule has 1 N–H and O–H groups in total. The van der Waals surface area contributed by atoms with Gasteiger partial charge in [0, 0.05) is 22.9 Å². The molecular formula is C17H27NOS. The molecule has 0 aliphatic heterocycles. The highest BCUT2D eigenvalue weighted by Gasteiger charge is 2.23. The molecule has 1 aliphatic carbocycles. The molecule has 1 saturated carbocycles. The van der Waals surface area contributed by atoms with Gasteiger partial charge in [0.1, 0.15) is 5.75 Å². The van der Waals surface area contributed by atoms with Crippen molar-refractivity contribution in [1.29, 1.82) is 0 Å². The van der Waals surface area contributed by atoms with Gasteiger partial charge in [0.25, 0.3) is 0 Å². The molecule has 1 aromatic rings. The average molecular weight is 293 g/mol. The van der Waals surface area contributed by atoms with Gasteiger partial charge in [0.2, 0.25) is 0 Å². The maximum Gasteiger partial charge on any atom is 0.123 e. The van der Waals surface area contributed by atoms with Crippen molar-refractivity contribution in [2.24, 2.45) is 0 Å². The SMILES string of the molecule is COc1cc(C)ccc1C(C)NC1CCCC(SC)C1. The Morgan fingerprint density at radius 2 is 2.15 bits per heavy atom. The Balaban J connectivity index is 2.02. The summed E-state index contributed by atoms with van der Waals surface area (Å²) in [7, 11) is 1.76. The van der Waals surface area contributed by atoms with E-state index in [0.29, 0.717) is 12.1 Å². The van der Waals surface area contributed by atoms with Crippen LogP contribution in [0.25, 0.3) is 0 Å². The number of hydrogen-bond donors (Lipinski definition) is 1. The summed E-state index contributed by atoms with van der Waals surface area (Å²) >= 11 is 2.02. The predicted octanol–water partition coefficient (Wildman–Crippen LogP) is 4.33. The minimum absolute atomic E-state index is 0.344. The molecule has 0 bridgehead atoms. The zero-order valence-electron chi connectivity index (χ0n) is 13.1. The Morgan fingerprint density at radius 3 is 2.85 bits per heavy atom. The van der Waals surface area contributed by atoms with E-state index >= 15 is 0 Å². The molecule has 0 saturated heterocycles. The molecule has 1 aromatic carbocycles. The van der Waals surface area contributed by atoms with Crippen LogP contribution in [0.3, 0.4) is 0 Å². The minimum atomic E-state index is 0.344. The van der Waals surface area contributed by atoms with Gasteiger partial charge in [-0.15, -0.1) is 0 Å². The normalized spacial score (nSPS) is 24.4. The molecule has 1 aliphatic rings.